The Morgan fingerprint density at radius 2 is 1.75 bits per heavy atom. The quantitative estimate of drug-likeness (QED) is 0.767. The van der Waals surface area contributed by atoms with Crippen molar-refractivity contribution in [3.8, 4) is 11.5 Å². The molecule has 0 amide bonds. The van der Waals surface area contributed by atoms with E-state index in [0.717, 1.165) is 18.4 Å². The van der Waals surface area contributed by atoms with Crippen LogP contribution in [0.15, 0.2) is 42.5 Å². The molecule has 0 saturated carbocycles. The van der Waals surface area contributed by atoms with Crippen LogP contribution in [0.25, 0.3) is 0 Å². The van der Waals surface area contributed by atoms with Gasteiger partial charge < -0.3 is 4.74 Å². The molecule has 6 heteroatoms. The first-order chi connectivity index (χ1) is 11.5. The average Bonchev–Trinajstić information content (AvgIpc) is 2.55. The van der Waals surface area contributed by atoms with Gasteiger partial charge in [0.15, 0.2) is 11.5 Å². The van der Waals surface area contributed by atoms with Gasteiger partial charge in [0.25, 0.3) is 10.1 Å². The molecule has 0 atom stereocenters. The van der Waals surface area contributed by atoms with Gasteiger partial charge in [0, 0.05) is 0 Å². The van der Waals surface area contributed by atoms with E-state index in [0.29, 0.717) is 29.3 Å². The number of anilines is 2. The van der Waals surface area contributed by atoms with E-state index in [2.05, 4.69) is 6.92 Å². The molecule has 0 spiro atoms. The smallest absolute Gasteiger partial charge is 0.288 e. The third kappa shape index (κ3) is 3.39. The number of benzene rings is 2. The maximum Gasteiger partial charge on any atom is 0.288 e. The van der Waals surface area contributed by atoms with Crippen LogP contribution in [0.2, 0.25) is 0 Å². The van der Waals surface area contributed by atoms with Gasteiger partial charge in [0.1, 0.15) is 11.4 Å². The maximum absolute atomic E-state index is 12.2. The van der Waals surface area contributed by atoms with Crippen LogP contribution >= 0.6 is 0 Å². The third-order valence-electron chi connectivity index (χ3n) is 3.73. The molecule has 0 aliphatic carbocycles. The number of aryl methyl sites for hydroxylation is 1. The highest BCUT2D eigenvalue weighted by Gasteiger charge is 2.29. The van der Waals surface area contributed by atoms with Gasteiger partial charge >= 0.3 is 0 Å². The van der Waals surface area contributed by atoms with Crippen molar-refractivity contribution < 1.29 is 17.4 Å². The minimum atomic E-state index is -3.67. The molecule has 3 rings (SSSR count). The summed E-state index contributed by atoms with van der Waals surface area (Å²) in [5.74, 6) is 1.12. The summed E-state index contributed by atoms with van der Waals surface area (Å²) in [5.41, 5.74) is 2.30. The summed E-state index contributed by atoms with van der Waals surface area (Å²) in [6.45, 7) is 3.91. The third-order valence-corrected chi connectivity index (χ3v) is 5.01. The van der Waals surface area contributed by atoms with Crippen LogP contribution in [0.4, 0.5) is 11.4 Å². The Hall–Kier alpha value is -2.05. The SMILES string of the molecule is CCCc1ccc2c(c1)N(OS(=O)(=O)CCC)c1ccccc1O2. The molecule has 0 N–H and O–H groups in total. The van der Waals surface area contributed by atoms with Crippen LogP contribution in [-0.4, -0.2) is 14.2 Å². The second-order valence-electron chi connectivity index (χ2n) is 5.75. The predicted octanol–water partition coefficient (Wildman–Crippen LogP) is 4.55. The highest BCUT2D eigenvalue weighted by atomic mass is 32.2. The fraction of sp³-hybridized carbons (Fsp3) is 0.333. The zero-order chi connectivity index (χ0) is 17.2. The van der Waals surface area contributed by atoms with Crippen molar-refractivity contribution in [3.05, 3.63) is 48.0 Å². The second kappa shape index (κ2) is 6.83. The molecular formula is C18H21NO4S. The minimum absolute atomic E-state index is 0.0312. The molecule has 0 unspecified atom stereocenters. The minimum Gasteiger partial charge on any atom is -0.453 e. The fourth-order valence-corrected chi connectivity index (χ4v) is 3.66. The highest BCUT2D eigenvalue weighted by molar-refractivity contribution is 7.86. The molecule has 0 radical (unpaired) electrons. The summed E-state index contributed by atoms with van der Waals surface area (Å²) in [6, 6.07) is 13.0. The van der Waals surface area contributed by atoms with E-state index in [9.17, 15) is 8.42 Å². The van der Waals surface area contributed by atoms with E-state index < -0.39 is 10.1 Å². The molecule has 2 aromatic carbocycles. The van der Waals surface area contributed by atoms with E-state index in [1.807, 2.05) is 37.3 Å². The van der Waals surface area contributed by atoms with Crippen molar-refractivity contribution >= 4 is 21.5 Å². The molecule has 0 saturated heterocycles. The number of ether oxygens (including phenoxy) is 1. The van der Waals surface area contributed by atoms with Crippen molar-refractivity contribution in [2.45, 2.75) is 33.1 Å². The largest absolute Gasteiger partial charge is 0.453 e. The summed E-state index contributed by atoms with van der Waals surface area (Å²) >= 11 is 0. The monoisotopic (exact) mass is 347 g/mol. The zero-order valence-corrected chi connectivity index (χ0v) is 14.7. The first kappa shape index (κ1) is 16.8. The van der Waals surface area contributed by atoms with Gasteiger partial charge in [-0.15, -0.1) is 4.28 Å². The molecule has 1 aliphatic heterocycles. The van der Waals surface area contributed by atoms with Gasteiger partial charge in [0.2, 0.25) is 0 Å². The lowest BCUT2D eigenvalue weighted by Crippen LogP contribution is -2.27. The van der Waals surface area contributed by atoms with Gasteiger partial charge in [0.05, 0.1) is 5.75 Å². The molecule has 1 aliphatic rings. The number of hydrogen-bond acceptors (Lipinski definition) is 5. The molecule has 0 bridgehead atoms. The van der Waals surface area contributed by atoms with E-state index in [-0.39, 0.29) is 5.75 Å². The van der Waals surface area contributed by atoms with Crippen molar-refractivity contribution in [3.63, 3.8) is 0 Å². The van der Waals surface area contributed by atoms with Gasteiger partial charge in [-0.1, -0.05) is 38.5 Å². The molecule has 1 heterocycles. The van der Waals surface area contributed by atoms with Crippen LogP contribution in [0, 0.1) is 0 Å². The summed E-state index contributed by atoms with van der Waals surface area (Å²) in [7, 11) is -3.67. The van der Waals surface area contributed by atoms with Crippen LogP contribution in [-0.2, 0) is 20.8 Å². The van der Waals surface area contributed by atoms with Crippen molar-refractivity contribution in [2.75, 3.05) is 10.8 Å². The lowest BCUT2D eigenvalue weighted by molar-refractivity contribution is 0.308. The number of fused-ring (bicyclic) bond motifs is 2. The molecule has 0 fully saturated rings. The van der Waals surface area contributed by atoms with Crippen molar-refractivity contribution in [2.24, 2.45) is 0 Å². The molecule has 0 aromatic heterocycles. The molecule has 2 aromatic rings. The van der Waals surface area contributed by atoms with Gasteiger partial charge in [-0.3, -0.25) is 0 Å². The molecule has 5 nitrogen and oxygen atoms in total. The topological polar surface area (TPSA) is 55.8 Å². The Morgan fingerprint density at radius 1 is 1.00 bits per heavy atom. The van der Waals surface area contributed by atoms with E-state index in [4.69, 9.17) is 9.02 Å². The normalized spacial score (nSPS) is 13.2. The number of nitrogens with zero attached hydrogens (tertiary/aromatic N) is 1. The summed E-state index contributed by atoms with van der Waals surface area (Å²) < 4.78 is 35.8. The first-order valence-corrected chi connectivity index (χ1v) is 9.74. The van der Waals surface area contributed by atoms with Crippen LogP contribution in [0.5, 0.6) is 11.5 Å². The standard InChI is InChI=1S/C18H21NO4S/c1-3-7-14-10-11-18-16(13-14)19(23-24(20,21)12-4-2)15-8-5-6-9-17(15)22-18/h5-6,8-11,13H,3-4,7,12H2,1-2H3. The number of hydrogen-bond donors (Lipinski definition) is 0. The van der Waals surface area contributed by atoms with E-state index in [1.54, 1.807) is 12.1 Å². The summed E-state index contributed by atoms with van der Waals surface area (Å²) in [4.78, 5) is 0. The Labute approximate surface area is 142 Å². The van der Waals surface area contributed by atoms with E-state index in [1.165, 1.54) is 5.06 Å². The summed E-state index contributed by atoms with van der Waals surface area (Å²) in [6.07, 6.45) is 2.41. The Bertz CT molecular complexity index is 833. The first-order valence-electron chi connectivity index (χ1n) is 8.16. The lowest BCUT2D eigenvalue weighted by Gasteiger charge is -2.31. The Morgan fingerprint density at radius 3 is 2.50 bits per heavy atom. The van der Waals surface area contributed by atoms with Gasteiger partial charge in [-0.2, -0.15) is 13.5 Å². The van der Waals surface area contributed by atoms with Crippen LogP contribution in [0.3, 0.4) is 0 Å². The Kier molecular flexibility index (Phi) is 4.78. The summed E-state index contributed by atoms with van der Waals surface area (Å²) in [5, 5.41) is 1.37. The molecule has 128 valence electrons. The van der Waals surface area contributed by atoms with Crippen LogP contribution < -0.4 is 9.80 Å². The molecule has 24 heavy (non-hydrogen) atoms. The van der Waals surface area contributed by atoms with E-state index >= 15 is 0 Å². The lowest BCUT2D eigenvalue weighted by atomic mass is 10.1. The number of rotatable bonds is 6. The fourth-order valence-electron chi connectivity index (χ4n) is 2.69. The van der Waals surface area contributed by atoms with Crippen LogP contribution in [0.1, 0.15) is 32.3 Å². The van der Waals surface area contributed by atoms with Gasteiger partial charge in [-0.25, -0.2) is 0 Å². The average molecular weight is 347 g/mol. The maximum atomic E-state index is 12.2. The van der Waals surface area contributed by atoms with Gasteiger partial charge in [-0.05, 0) is 42.7 Å². The van der Waals surface area contributed by atoms with Crippen molar-refractivity contribution in [1.82, 2.24) is 0 Å². The number of para-hydroxylation sites is 2. The zero-order valence-electron chi connectivity index (χ0n) is 13.9. The molecular weight excluding hydrogens is 326 g/mol. The Balaban J connectivity index is 2.07. The highest BCUT2D eigenvalue weighted by Crippen LogP contribution is 2.47. The predicted molar refractivity (Wildman–Crippen MR) is 94.3 cm³/mol. The van der Waals surface area contributed by atoms with Crippen molar-refractivity contribution in [1.29, 1.82) is 0 Å². The second-order valence-corrected chi connectivity index (χ2v) is 7.43.